The Balaban J connectivity index is 1.57. The summed E-state index contributed by atoms with van der Waals surface area (Å²) < 4.78 is 2.54. The van der Waals surface area contributed by atoms with E-state index in [2.05, 4.69) is 43.2 Å². The summed E-state index contributed by atoms with van der Waals surface area (Å²) in [6.45, 7) is 4.11. The maximum absolute atomic E-state index is 12.5. The van der Waals surface area contributed by atoms with Gasteiger partial charge >= 0.3 is 0 Å². The third-order valence-electron chi connectivity index (χ3n) is 4.48. The van der Waals surface area contributed by atoms with Crippen LogP contribution in [0.2, 0.25) is 0 Å². The molecule has 0 aliphatic carbocycles. The predicted octanol–water partition coefficient (Wildman–Crippen LogP) is 5.16. The summed E-state index contributed by atoms with van der Waals surface area (Å²) in [5, 5.41) is 8.27. The van der Waals surface area contributed by atoms with E-state index < -0.39 is 0 Å². The zero-order valence-corrected chi connectivity index (χ0v) is 18.3. The second-order valence-corrected chi connectivity index (χ2v) is 8.28. The minimum absolute atomic E-state index is 0.153. The van der Waals surface area contributed by atoms with Crippen molar-refractivity contribution in [3.63, 3.8) is 0 Å². The summed E-state index contributed by atoms with van der Waals surface area (Å²) in [6.07, 6.45) is 2.38. The van der Waals surface area contributed by atoms with Crippen molar-refractivity contribution in [3.8, 4) is 0 Å². The molecule has 0 bridgehead atoms. The van der Waals surface area contributed by atoms with Crippen molar-refractivity contribution in [2.75, 3.05) is 5.32 Å². The van der Waals surface area contributed by atoms with Gasteiger partial charge in [-0.3, -0.25) is 4.79 Å². The molecule has 1 N–H and O–H groups in total. The molecule has 0 atom stereocenters. The Labute approximate surface area is 180 Å². The van der Waals surface area contributed by atoms with Crippen LogP contribution in [0, 0.1) is 6.92 Å². The van der Waals surface area contributed by atoms with E-state index in [0.29, 0.717) is 11.3 Å². The Kier molecular flexibility index (Phi) is 5.64. The molecule has 0 unspecified atom stereocenters. The topological polar surface area (TPSA) is 72.2 Å². The number of halogens is 1. The number of anilines is 1. The Bertz CT molecular complexity index is 1190. The summed E-state index contributed by atoms with van der Waals surface area (Å²) in [6, 6.07) is 15.1. The number of nitrogens with one attached hydrogen (secondary N) is 1. The number of rotatable bonds is 5. The van der Waals surface area contributed by atoms with Crippen LogP contribution in [0.4, 0.5) is 5.69 Å². The number of hydrogen-bond acceptors (Lipinski definition) is 5. The summed E-state index contributed by atoms with van der Waals surface area (Å²) >= 11 is 5.03. The molecule has 146 valence electrons. The molecule has 0 saturated carbocycles. The van der Waals surface area contributed by atoms with Crippen LogP contribution in [-0.2, 0) is 6.42 Å². The van der Waals surface area contributed by atoms with Crippen molar-refractivity contribution in [1.82, 2.24) is 19.6 Å². The fourth-order valence-corrected chi connectivity index (χ4v) is 4.62. The van der Waals surface area contributed by atoms with Crippen molar-refractivity contribution < 1.29 is 4.79 Å². The van der Waals surface area contributed by atoms with Crippen molar-refractivity contribution >= 4 is 45.1 Å². The Morgan fingerprint density at radius 3 is 2.66 bits per heavy atom. The third-order valence-corrected chi connectivity index (χ3v) is 6.30. The molecule has 2 aromatic carbocycles. The zero-order chi connectivity index (χ0) is 20.4. The summed E-state index contributed by atoms with van der Waals surface area (Å²) in [4.78, 5) is 22.3. The van der Waals surface area contributed by atoms with Gasteiger partial charge in [-0.2, -0.15) is 14.6 Å². The molecule has 29 heavy (non-hydrogen) atoms. The van der Waals surface area contributed by atoms with Crippen molar-refractivity contribution in [1.29, 1.82) is 0 Å². The van der Waals surface area contributed by atoms with Crippen LogP contribution in [-0.4, -0.2) is 25.5 Å². The molecule has 2 aromatic heterocycles. The highest BCUT2D eigenvalue weighted by molar-refractivity contribution is 9.10. The molecule has 2 heterocycles. The predicted molar refractivity (Wildman–Crippen MR) is 118 cm³/mol. The molecular weight excluding hydrogens is 450 g/mol. The van der Waals surface area contributed by atoms with Gasteiger partial charge in [0.2, 0.25) is 0 Å². The van der Waals surface area contributed by atoms with Crippen molar-refractivity contribution in [3.05, 3.63) is 76.2 Å². The van der Waals surface area contributed by atoms with E-state index in [1.165, 1.54) is 6.33 Å². The third kappa shape index (κ3) is 4.04. The average molecular weight is 468 g/mol. The fraction of sp³-hybridized carbons (Fsp3) is 0.143. The first-order valence-corrected chi connectivity index (χ1v) is 10.7. The average Bonchev–Trinajstić information content (AvgIpc) is 3.18. The maximum atomic E-state index is 12.5. The molecule has 4 aromatic rings. The van der Waals surface area contributed by atoms with E-state index in [1.54, 1.807) is 22.3 Å². The first kappa shape index (κ1) is 19.6. The molecule has 1 amide bonds. The number of fused-ring (bicyclic) bond motifs is 1. The molecule has 0 aliphatic rings. The van der Waals surface area contributed by atoms with E-state index in [9.17, 15) is 4.79 Å². The highest BCUT2D eigenvalue weighted by Crippen LogP contribution is 2.32. The van der Waals surface area contributed by atoms with Crippen LogP contribution < -0.4 is 5.32 Å². The molecule has 6 nitrogen and oxygen atoms in total. The van der Waals surface area contributed by atoms with Gasteiger partial charge in [-0.05, 0) is 65.7 Å². The van der Waals surface area contributed by atoms with Gasteiger partial charge in [0.15, 0.2) is 0 Å². The van der Waals surface area contributed by atoms with Crippen molar-refractivity contribution in [2.24, 2.45) is 0 Å². The highest BCUT2D eigenvalue weighted by Gasteiger charge is 2.15. The Hall–Kier alpha value is -2.71. The molecule has 0 aliphatic heterocycles. The summed E-state index contributed by atoms with van der Waals surface area (Å²) in [5.74, 6) is 0.444. The fourth-order valence-electron chi connectivity index (χ4n) is 3.03. The molecule has 0 saturated heterocycles. The normalized spacial score (nSPS) is 11.0. The number of carbonyl (C=O) groups excluding carboxylic acids is 1. The van der Waals surface area contributed by atoms with Gasteiger partial charge in [-0.15, -0.1) is 0 Å². The number of carbonyl (C=O) groups is 1. The first-order valence-electron chi connectivity index (χ1n) is 9.10. The monoisotopic (exact) mass is 467 g/mol. The van der Waals surface area contributed by atoms with Crippen molar-refractivity contribution in [2.45, 2.75) is 30.2 Å². The van der Waals surface area contributed by atoms with Gasteiger partial charge in [-0.1, -0.05) is 30.8 Å². The number of aryl methyl sites for hydroxylation is 1. The van der Waals surface area contributed by atoms with Gasteiger partial charge in [0.05, 0.1) is 5.56 Å². The molecular formula is C21H18BrN5OS. The lowest BCUT2D eigenvalue weighted by molar-refractivity contribution is 0.102. The lowest BCUT2D eigenvalue weighted by Gasteiger charge is -2.12. The molecule has 8 heteroatoms. The highest BCUT2D eigenvalue weighted by atomic mass is 79.9. The van der Waals surface area contributed by atoms with E-state index >= 15 is 0 Å². The molecule has 0 spiro atoms. The summed E-state index contributed by atoms with van der Waals surface area (Å²) in [5.41, 5.74) is 3.45. The van der Waals surface area contributed by atoms with Crippen LogP contribution in [0.25, 0.3) is 5.78 Å². The number of amides is 1. The van der Waals surface area contributed by atoms with Crippen LogP contribution in [0.15, 0.2) is 69.3 Å². The van der Waals surface area contributed by atoms with Gasteiger partial charge < -0.3 is 5.32 Å². The standard InChI is InChI=1S/C21H18BrN5OS/c1-3-16-13(2)25-21-23-12-24-27(21)20(16)29-15-10-8-14(9-11-15)26-19(28)17-6-4-5-7-18(17)22/h4-12H,3H2,1-2H3,(H,26,28). The van der Waals surface area contributed by atoms with E-state index in [0.717, 1.165) is 37.8 Å². The molecule has 4 rings (SSSR count). The molecule has 0 fully saturated rings. The maximum Gasteiger partial charge on any atom is 0.256 e. The second-order valence-electron chi connectivity index (χ2n) is 6.37. The lowest BCUT2D eigenvalue weighted by atomic mass is 10.2. The van der Waals surface area contributed by atoms with Gasteiger partial charge in [-0.25, -0.2) is 4.98 Å². The SMILES string of the molecule is CCc1c(C)nc2ncnn2c1Sc1ccc(NC(=O)c2ccccc2Br)cc1. The minimum Gasteiger partial charge on any atom is -0.322 e. The summed E-state index contributed by atoms with van der Waals surface area (Å²) in [7, 11) is 0. The first-order chi connectivity index (χ1) is 14.1. The lowest BCUT2D eigenvalue weighted by Crippen LogP contribution is -2.12. The number of aromatic nitrogens is 4. The van der Waals surface area contributed by atoms with E-state index in [1.807, 2.05) is 49.4 Å². The molecule has 0 radical (unpaired) electrons. The zero-order valence-electron chi connectivity index (χ0n) is 15.9. The van der Waals surface area contributed by atoms with Crippen LogP contribution in [0.3, 0.4) is 0 Å². The van der Waals surface area contributed by atoms with Gasteiger partial charge in [0.25, 0.3) is 11.7 Å². The van der Waals surface area contributed by atoms with Gasteiger partial charge in [0.1, 0.15) is 11.4 Å². The largest absolute Gasteiger partial charge is 0.322 e. The van der Waals surface area contributed by atoms with Gasteiger partial charge in [0, 0.05) is 26.3 Å². The Morgan fingerprint density at radius 1 is 1.17 bits per heavy atom. The smallest absolute Gasteiger partial charge is 0.256 e. The Morgan fingerprint density at radius 2 is 1.93 bits per heavy atom. The van der Waals surface area contributed by atoms with Crippen LogP contribution in [0.1, 0.15) is 28.5 Å². The minimum atomic E-state index is -0.153. The van der Waals surface area contributed by atoms with E-state index in [-0.39, 0.29) is 5.91 Å². The quantitative estimate of drug-likeness (QED) is 0.410. The number of benzene rings is 2. The van der Waals surface area contributed by atoms with Crippen LogP contribution in [0.5, 0.6) is 0 Å². The van der Waals surface area contributed by atoms with E-state index in [4.69, 9.17) is 0 Å². The number of nitrogens with zero attached hydrogens (tertiary/aromatic N) is 4. The number of hydrogen-bond donors (Lipinski definition) is 1. The second kappa shape index (κ2) is 8.34. The van der Waals surface area contributed by atoms with Crippen LogP contribution >= 0.6 is 27.7 Å².